The zero-order chi connectivity index (χ0) is 23.1. The van der Waals surface area contributed by atoms with Crippen LogP contribution in [0.1, 0.15) is 30.9 Å². The molecular formula is C24H24ClN3O3S. The standard InChI is InChI=1S/C24H24ClN3O3S/c1-18(2)20-10-8-19(9-11-20)16-26-27-24(29)17-28(22-6-4-3-5-7-22)32(30,31)23-14-12-21(25)13-15-23/h3-16,18H,17H2,1-2H3,(H,27,29)/b26-16-. The van der Waals surface area contributed by atoms with E-state index >= 15 is 0 Å². The molecule has 0 saturated heterocycles. The summed E-state index contributed by atoms with van der Waals surface area (Å²) in [5, 5.41) is 4.39. The van der Waals surface area contributed by atoms with Crippen LogP contribution in [0.5, 0.6) is 0 Å². The van der Waals surface area contributed by atoms with Gasteiger partial charge in [-0.2, -0.15) is 5.10 Å². The van der Waals surface area contributed by atoms with Crippen molar-refractivity contribution in [3.8, 4) is 0 Å². The van der Waals surface area contributed by atoms with Gasteiger partial charge in [0.05, 0.1) is 16.8 Å². The van der Waals surface area contributed by atoms with Gasteiger partial charge < -0.3 is 0 Å². The average Bonchev–Trinajstić information content (AvgIpc) is 2.78. The van der Waals surface area contributed by atoms with Crippen LogP contribution in [0.3, 0.4) is 0 Å². The van der Waals surface area contributed by atoms with E-state index in [1.165, 1.54) is 36.0 Å². The molecule has 0 aromatic heterocycles. The lowest BCUT2D eigenvalue weighted by atomic mass is 10.0. The van der Waals surface area contributed by atoms with Gasteiger partial charge in [0.1, 0.15) is 6.54 Å². The minimum absolute atomic E-state index is 0.0345. The monoisotopic (exact) mass is 469 g/mol. The van der Waals surface area contributed by atoms with Crippen LogP contribution in [0.4, 0.5) is 5.69 Å². The summed E-state index contributed by atoms with van der Waals surface area (Å²) in [4.78, 5) is 12.6. The second-order valence-electron chi connectivity index (χ2n) is 7.42. The topological polar surface area (TPSA) is 78.8 Å². The summed E-state index contributed by atoms with van der Waals surface area (Å²) in [6.07, 6.45) is 1.52. The zero-order valence-electron chi connectivity index (χ0n) is 17.8. The Hall–Kier alpha value is -3.16. The minimum atomic E-state index is -3.99. The third-order valence-electron chi connectivity index (χ3n) is 4.74. The van der Waals surface area contributed by atoms with Crippen molar-refractivity contribution < 1.29 is 13.2 Å². The number of nitrogens with one attached hydrogen (secondary N) is 1. The van der Waals surface area contributed by atoms with Crippen LogP contribution in [0.2, 0.25) is 5.02 Å². The molecule has 32 heavy (non-hydrogen) atoms. The van der Waals surface area contributed by atoms with E-state index in [0.29, 0.717) is 16.6 Å². The quantitative estimate of drug-likeness (QED) is 0.380. The SMILES string of the molecule is CC(C)c1ccc(/C=N\NC(=O)CN(c2ccccc2)S(=O)(=O)c2ccc(Cl)cc2)cc1. The summed E-state index contributed by atoms with van der Waals surface area (Å²) < 4.78 is 27.5. The predicted octanol–water partition coefficient (Wildman–Crippen LogP) is 4.81. The molecule has 1 amide bonds. The Labute approximate surface area is 193 Å². The van der Waals surface area contributed by atoms with Gasteiger partial charge in [-0.3, -0.25) is 9.10 Å². The summed E-state index contributed by atoms with van der Waals surface area (Å²) in [5.74, 6) is -0.145. The number of nitrogens with zero attached hydrogens (tertiary/aromatic N) is 2. The zero-order valence-corrected chi connectivity index (χ0v) is 19.3. The van der Waals surface area contributed by atoms with Crippen molar-refractivity contribution in [1.29, 1.82) is 0 Å². The van der Waals surface area contributed by atoms with E-state index < -0.39 is 22.5 Å². The van der Waals surface area contributed by atoms with E-state index in [-0.39, 0.29) is 4.90 Å². The molecule has 0 heterocycles. The Morgan fingerprint density at radius 3 is 2.22 bits per heavy atom. The Morgan fingerprint density at radius 2 is 1.62 bits per heavy atom. The fourth-order valence-corrected chi connectivity index (χ4v) is 4.50. The number of halogens is 1. The maximum absolute atomic E-state index is 13.2. The summed E-state index contributed by atoms with van der Waals surface area (Å²) >= 11 is 5.89. The molecule has 0 aliphatic heterocycles. The highest BCUT2D eigenvalue weighted by Crippen LogP contribution is 2.24. The van der Waals surface area contributed by atoms with Gasteiger partial charge in [0, 0.05) is 5.02 Å². The van der Waals surface area contributed by atoms with Gasteiger partial charge >= 0.3 is 0 Å². The summed E-state index contributed by atoms with van der Waals surface area (Å²) in [6, 6.07) is 22.1. The van der Waals surface area contributed by atoms with Crippen LogP contribution in [0.15, 0.2) is 88.9 Å². The van der Waals surface area contributed by atoms with E-state index in [4.69, 9.17) is 11.6 Å². The lowest BCUT2D eigenvalue weighted by Crippen LogP contribution is -2.39. The molecule has 0 saturated carbocycles. The molecule has 3 aromatic carbocycles. The number of carbonyl (C=O) groups is 1. The van der Waals surface area contributed by atoms with Crippen LogP contribution < -0.4 is 9.73 Å². The molecule has 6 nitrogen and oxygen atoms in total. The molecule has 0 atom stereocenters. The van der Waals surface area contributed by atoms with Crippen molar-refractivity contribution in [2.24, 2.45) is 5.10 Å². The van der Waals surface area contributed by atoms with Crippen LogP contribution in [0.25, 0.3) is 0 Å². The number of benzene rings is 3. The molecule has 8 heteroatoms. The number of hydrazone groups is 1. The van der Waals surface area contributed by atoms with Gasteiger partial charge in [0.25, 0.3) is 15.9 Å². The molecule has 0 aliphatic carbocycles. The molecule has 3 rings (SSSR count). The maximum atomic E-state index is 13.2. The van der Waals surface area contributed by atoms with E-state index in [1.54, 1.807) is 30.3 Å². The number of para-hydroxylation sites is 1. The van der Waals surface area contributed by atoms with Crippen molar-refractivity contribution in [3.05, 3.63) is 95.0 Å². The summed E-state index contributed by atoms with van der Waals surface area (Å²) in [6.45, 7) is 3.79. The van der Waals surface area contributed by atoms with Crippen LogP contribution in [-0.4, -0.2) is 27.1 Å². The molecular weight excluding hydrogens is 446 g/mol. The second kappa shape index (κ2) is 10.4. The first-order valence-electron chi connectivity index (χ1n) is 10.0. The first-order chi connectivity index (χ1) is 15.3. The number of sulfonamides is 1. The normalized spacial score (nSPS) is 11.6. The molecule has 166 valence electrons. The van der Waals surface area contributed by atoms with Crippen LogP contribution >= 0.6 is 11.6 Å². The molecule has 0 aliphatic rings. The number of hydrogen-bond donors (Lipinski definition) is 1. The van der Waals surface area contributed by atoms with Crippen molar-refractivity contribution in [3.63, 3.8) is 0 Å². The minimum Gasteiger partial charge on any atom is -0.271 e. The van der Waals surface area contributed by atoms with Crippen LogP contribution in [-0.2, 0) is 14.8 Å². The number of amides is 1. The molecule has 0 spiro atoms. The fraction of sp³-hybridized carbons (Fsp3) is 0.167. The third-order valence-corrected chi connectivity index (χ3v) is 6.78. The number of carbonyl (C=O) groups excluding carboxylic acids is 1. The third kappa shape index (κ3) is 5.96. The van der Waals surface area contributed by atoms with Gasteiger partial charge in [-0.15, -0.1) is 0 Å². The number of rotatable bonds is 8. The molecule has 0 bridgehead atoms. The highest BCUT2D eigenvalue weighted by Gasteiger charge is 2.27. The van der Waals surface area contributed by atoms with Gasteiger partial charge in [-0.05, 0) is 53.4 Å². The van der Waals surface area contributed by atoms with Gasteiger partial charge in [0.15, 0.2) is 0 Å². The molecule has 0 unspecified atom stereocenters. The molecule has 1 N–H and O–H groups in total. The second-order valence-corrected chi connectivity index (χ2v) is 9.71. The van der Waals surface area contributed by atoms with Crippen molar-refractivity contribution in [2.45, 2.75) is 24.7 Å². The number of hydrogen-bond acceptors (Lipinski definition) is 4. The Balaban J connectivity index is 1.76. The highest BCUT2D eigenvalue weighted by atomic mass is 35.5. The Morgan fingerprint density at radius 1 is 1.00 bits per heavy atom. The van der Waals surface area contributed by atoms with Gasteiger partial charge in [0.2, 0.25) is 0 Å². The fourth-order valence-electron chi connectivity index (χ4n) is 2.95. The molecule has 0 fully saturated rings. The number of anilines is 1. The first-order valence-corrected chi connectivity index (χ1v) is 11.8. The predicted molar refractivity (Wildman–Crippen MR) is 129 cm³/mol. The molecule has 3 aromatic rings. The lowest BCUT2D eigenvalue weighted by molar-refractivity contribution is -0.119. The average molecular weight is 470 g/mol. The first kappa shape index (κ1) is 23.5. The summed E-state index contributed by atoms with van der Waals surface area (Å²) in [7, 11) is -3.99. The smallest absolute Gasteiger partial charge is 0.264 e. The van der Waals surface area contributed by atoms with E-state index in [9.17, 15) is 13.2 Å². The Kier molecular flexibility index (Phi) is 7.66. The summed E-state index contributed by atoms with van der Waals surface area (Å²) in [5.41, 5.74) is 4.80. The van der Waals surface area contributed by atoms with Crippen LogP contribution in [0, 0.1) is 0 Å². The van der Waals surface area contributed by atoms with Gasteiger partial charge in [-0.25, -0.2) is 13.8 Å². The molecule has 0 radical (unpaired) electrons. The van der Waals surface area contributed by atoms with Crippen molar-refractivity contribution >= 4 is 39.4 Å². The lowest BCUT2D eigenvalue weighted by Gasteiger charge is -2.23. The van der Waals surface area contributed by atoms with Crippen molar-refractivity contribution in [1.82, 2.24) is 5.43 Å². The van der Waals surface area contributed by atoms with Gasteiger partial charge in [-0.1, -0.05) is 67.9 Å². The maximum Gasteiger partial charge on any atom is 0.264 e. The highest BCUT2D eigenvalue weighted by molar-refractivity contribution is 7.92. The van der Waals surface area contributed by atoms with E-state index in [0.717, 1.165) is 9.87 Å². The largest absolute Gasteiger partial charge is 0.271 e. The van der Waals surface area contributed by atoms with E-state index in [1.807, 2.05) is 24.3 Å². The van der Waals surface area contributed by atoms with E-state index in [2.05, 4.69) is 24.4 Å². The Bertz CT molecular complexity index is 1180. The van der Waals surface area contributed by atoms with Crippen molar-refractivity contribution in [2.75, 3.05) is 10.8 Å².